The second kappa shape index (κ2) is 9.67. The molecule has 2 amide bonds. The van der Waals surface area contributed by atoms with Gasteiger partial charge in [-0.15, -0.1) is 0 Å². The van der Waals surface area contributed by atoms with Gasteiger partial charge in [-0.1, -0.05) is 25.1 Å². The summed E-state index contributed by atoms with van der Waals surface area (Å²) in [7, 11) is 0. The molecular formula is C21H30N6O2. The molecule has 0 radical (unpaired) electrons. The van der Waals surface area contributed by atoms with Gasteiger partial charge < -0.3 is 10.6 Å². The second-order valence-electron chi connectivity index (χ2n) is 7.47. The molecule has 1 aliphatic heterocycles. The number of aryl methyl sites for hydroxylation is 3. The Kier molecular flexibility index (Phi) is 7.00. The molecule has 2 heterocycles. The number of H-pyrrole nitrogens is 1. The molecule has 1 aromatic carbocycles. The quantitative estimate of drug-likeness (QED) is 0.661. The zero-order valence-electron chi connectivity index (χ0n) is 17.4. The fraction of sp³-hybridized carbons (Fsp3) is 0.476. The van der Waals surface area contributed by atoms with E-state index in [-0.39, 0.29) is 11.8 Å². The van der Waals surface area contributed by atoms with Crippen LogP contribution in [0.5, 0.6) is 0 Å². The van der Waals surface area contributed by atoms with Crippen molar-refractivity contribution >= 4 is 23.2 Å². The molecule has 1 saturated heterocycles. The molecule has 1 fully saturated rings. The van der Waals surface area contributed by atoms with Crippen molar-refractivity contribution in [3.8, 4) is 0 Å². The van der Waals surface area contributed by atoms with E-state index in [1.165, 1.54) is 0 Å². The molecule has 3 rings (SSSR count). The lowest BCUT2D eigenvalue weighted by atomic mass is 10.1. The lowest BCUT2D eigenvalue weighted by Crippen LogP contribution is -2.50. The number of piperazine rings is 1. The van der Waals surface area contributed by atoms with Crippen molar-refractivity contribution in [2.45, 2.75) is 27.2 Å². The Balaban J connectivity index is 1.42. The predicted octanol–water partition coefficient (Wildman–Crippen LogP) is 1.78. The number of benzene rings is 1. The molecule has 2 aromatic rings. The van der Waals surface area contributed by atoms with Gasteiger partial charge in [-0.05, 0) is 31.9 Å². The van der Waals surface area contributed by atoms with Crippen LogP contribution in [0.1, 0.15) is 23.9 Å². The number of amides is 2. The van der Waals surface area contributed by atoms with Gasteiger partial charge in [0.1, 0.15) is 0 Å². The Morgan fingerprint density at radius 1 is 1.00 bits per heavy atom. The van der Waals surface area contributed by atoms with E-state index in [9.17, 15) is 9.59 Å². The molecule has 8 nitrogen and oxygen atoms in total. The smallest absolute Gasteiger partial charge is 0.238 e. The van der Waals surface area contributed by atoms with Crippen LogP contribution in [-0.4, -0.2) is 71.1 Å². The van der Waals surface area contributed by atoms with Crippen molar-refractivity contribution in [3.63, 3.8) is 0 Å². The molecular weight excluding hydrogens is 368 g/mol. The first-order chi connectivity index (χ1) is 14.0. The van der Waals surface area contributed by atoms with E-state index < -0.39 is 0 Å². The third kappa shape index (κ3) is 5.65. The number of aromatic nitrogens is 2. The van der Waals surface area contributed by atoms with Gasteiger partial charge in [0.25, 0.3) is 0 Å². The van der Waals surface area contributed by atoms with E-state index in [2.05, 4.69) is 37.6 Å². The Labute approximate surface area is 171 Å². The summed E-state index contributed by atoms with van der Waals surface area (Å²) in [6, 6.07) is 7.90. The van der Waals surface area contributed by atoms with Crippen molar-refractivity contribution in [2.75, 3.05) is 49.9 Å². The summed E-state index contributed by atoms with van der Waals surface area (Å²) in [5.74, 6) is -0.0389. The Bertz CT molecular complexity index is 835. The number of carbonyl (C=O) groups excluding carboxylic acids is 2. The zero-order valence-corrected chi connectivity index (χ0v) is 17.4. The molecule has 0 saturated carbocycles. The first kappa shape index (κ1) is 21.0. The summed E-state index contributed by atoms with van der Waals surface area (Å²) >= 11 is 0. The van der Waals surface area contributed by atoms with Crippen LogP contribution in [0, 0.1) is 13.8 Å². The average molecular weight is 399 g/mol. The van der Waals surface area contributed by atoms with Crippen LogP contribution in [0.4, 0.5) is 11.4 Å². The molecule has 0 bridgehead atoms. The van der Waals surface area contributed by atoms with Crippen LogP contribution in [-0.2, 0) is 16.0 Å². The van der Waals surface area contributed by atoms with Crippen molar-refractivity contribution < 1.29 is 9.59 Å². The number of hydrogen-bond donors (Lipinski definition) is 3. The minimum absolute atomic E-state index is 0.00278. The number of nitrogens with one attached hydrogen (secondary N) is 3. The third-order valence-corrected chi connectivity index (χ3v) is 5.26. The van der Waals surface area contributed by atoms with E-state index in [0.717, 1.165) is 60.9 Å². The molecule has 156 valence electrons. The first-order valence-electron chi connectivity index (χ1n) is 10.1. The molecule has 0 spiro atoms. The fourth-order valence-electron chi connectivity index (χ4n) is 3.57. The summed E-state index contributed by atoms with van der Waals surface area (Å²) in [5, 5.41) is 12.9. The lowest BCUT2D eigenvalue weighted by molar-refractivity contribution is -0.120. The fourth-order valence-corrected chi connectivity index (χ4v) is 3.57. The summed E-state index contributed by atoms with van der Waals surface area (Å²) < 4.78 is 0. The van der Waals surface area contributed by atoms with E-state index >= 15 is 0 Å². The highest BCUT2D eigenvalue weighted by Crippen LogP contribution is 2.17. The molecule has 1 aromatic heterocycles. The minimum atomic E-state index is -0.0417. The zero-order chi connectivity index (χ0) is 20.8. The second-order valence-corrected chi connectivity index (χ2v) is 7.47. The first-order valence-corrected chi connectivity index (χ1v) is 10.1. The van der Waals surface area contributed by atoms with Crippen molar-refractivity contribution in [1.29, 1.82) is 0 Å². The molecule has 29 heavy (non-hydrogen) atoms. The van der Waals surface area contributed by atoms with E-state index in [1.807, 2.05) is 38.1 Å². The molecule has 3 N–H and O–H groups in total. The molecule has 1 aliphatic rings. The molecule has 0 unspecified atom stereocenters. The maximum absolute atomic E-state index is 12.4. The standard InChI is InChI=1S/C21H30N6O2/c1-4-17-7-5-6-8-18(17)22-19(28)13-26-9-11-27(12-10-26)14-20(29)23-21-15(2)24-25-16(21)3/h5-8H,4,9-14H2,1-3H3,(H,22,28)(H,23,29)(H,24,25). The van der Waals surface area contributed by atoms with Gasteiger partial charge in [-0.3, -0.25) is 24.5 Å². The topological polar surface area (TPSA) is 93.4 Å². The number of hydrogen-bond acceptors (Lipinski definition) is 5. The van der Waals surface area contributed by atoms with E-state index in [4.69, 9.17) is 0 Å². The van der Waals surface area contributed by atoms with Crippen LogP contribution in [0.25, 0.3) is 0 Å². The van der Waals surface area contributed by atoms with Crippen LogP contribution in [0.2, 0.25) is 0 Å². The van der Waals surface area contributed by atoms with E-state index in [1.54, 1.807) is 0 Å². The van der Waals surface area contributed by atoms with Crippen molar-refractivity contribution in [1.82, 2.24) is 20.0 Å². The monoisotopic (exact) mass is 398 g/mol. The van der Waals surface area contributed by atoms with Crippen LogP contribution < -0.4 is 10.6 Å². The number of carbonyl (C=O) groups is 2. The summed E-state index contributed by atoms with van der Waals surface area (Å²) in [6.45, 7) is 9.58. The highest BCUT2D eigenvalue weighted by molar-refractivity contribution is 5.93. The van der Waals surface area contributed by atoms with Gasteiger partial charge in [-0.25, -0.2) is 0 Å². The van der Waals surface area contributed by atoms with Crippen molar-refractivity contribution in [2.24, 2.45) is 0 Å². The minimum Gasteiger partial charge on any atom is -0.325 e. The molecule has 8 heteroatoms. The summed E-state index contributed by atoms with van der Waals surface area (Å²) in [6.07, 6.45) is 0.884. The third-order valence-electron chi connectivity index (χ3n) is 5.26. The number of aromatic amines is 1. The highest BCUT2D eigenvalue weighted by Gasteiger charge is 2.21. The van der Waals surface area contributed by atoms with Crippen molar-refractivity contribution in [3.05, 3.63) is 41.2 Å². The number of anilines is 2. The van der Waals surface area contributed by atoms with Gasteiger partial charge in [0, 0.05) is 31.9 Å². The van der Waals surface area contributed by atoms with E-state index in [0.29, 0.717) is 13.1 Å². The predicted molar refractivity (Wildman–Crippen MR) is 114 cm³/mol. The van der Waals surface area contributed by atoms with Gasteiger partial charge in [0.15, 0.2) is 0 Å². The van der Waals surface area contributed by atoms with Gasteiger partial charge >= 0.3 is 0 Å². The number of para-hydroxylation sites is 1. The van der Waals surface area contributed by atoms with Gasteiger partial charge in [0.05, 0.1) is 30.2 Å². The largest absolute Gasteiger partial charge is 0.325 e. The maximum atomic E-state index is 12.4. The average Bonchev–Trinajstić information content (AvgIpc) is 3.02. The number of nitrogens with zero attached hydrogens (tertiary/aromatic N) is 3. The Hall–Kier alpha value is -2.71. The van der Waals surface area contributed by atoms with Gasteiger partial charge in [-0.2, -0.15) is 5.10 Å². The van der Waals surface area contributed by atoms with Crippen LogP contribution in [0.3, 0.4) is 0 Å². The Morgan fingerprint density at radius 3 is 2.14 bits per heavy atom. The summed E-state index contributed by atoms with van der Waals surface area (Å²) in [4.78, 5) is 29.0. The lowest BCUT2D eigenvalue weighted by Gasteiger charge is -2.33. The highest BCUT2D eigenvalue weighted by atomic mass is 16.2. The van der Waals surface area contributed by atoms with Crippen LogP contribution >= 0.6 is 0 Å². The maximum Gasteiger partial charge on any atom is 0.238 e. The normalized spacial score (nSPS) is 15.3. The summed E-state index contributed by atoms with van der Waals surface area (Å²) in [5.41, 5.74) is 4.44. The molecule has 0 atom stereocenters. The van der Waals surface area contributed by atoms with Gasteiger partial charge in [0.2, 0.25) is 11.8 Å². The molecule has 0 aliphatic carbocycles. The number of rotatable bonds is 7. The SMILES string of the molecule is CCc1ccccc1NC(=O)CN1CCN(CC(=O)Nc2c(C)n[nH]c2C)CC1. The van der Waals surface area contributed by atoms with Crippen LogP contribution in [0.15, 0.2) is 24.3 Å². The Morgan fingerprint density at radius 2 is 1.59 bits per heavy atom.